The lowest BCUT2D eigenvalue weighted by Gasteiger charge is -2.41. The predicted octanol–water partition coefficient (Wildman–Crippen LogP) is 7.55. The van der Waals surface area contributed by atoms with E-state index in [0.29, 0.717) is 46.7 Å². The fourth-order valence-electron chi connectivity index (χ4n) is 9.41. The summed E-state index contributed by atoms with van der Waals surface area (Å²) in [6.45, 7) is 10.1. The first-order chi connectivity index (χ1) is 34.8. The molecule has 2 aliphatic heterocycles. The van der Waals surface area contributed by atoms with Gasteiger partial charge in [-0.1, -0.05) is 105 Å². The second kappa shape index (κ2) is 25.3. The number of thioether (sulfide) groups is 1. The van der Waals surface area contributed by atoms with Gasteiger partial charge in [0.25, 0.3) is 14.2 Å². The molecule has 4 amide bonds. The lowest BCUT2D eigenvalue weighted by atomic mass is 10.0. The van der Waals surface area contributed by atoms with Crippen LogP contribution >= 0.6 is 11.8 Å². The number of hydrogen-bond donors (Lipinski definition) is 5. The van der Waals surface area contributed by atoms with Crippen molar-refractivity contribution in [3.63, 3.8) is 0 Å². The Hall–Kier alpha value is -6.46. The summed E-state index contributed by atoms with van der Waals surface area (Å²) in [5, 5.41) is 13.9. The Morgan fingerprint density at radius 1 is 0.889 bits per heavy atom. The third-order valence-electron chi connectivity index (χ3n) is 13.5. The van der Waals surface area contributed by atoms with Gasteiger partial charge in [0.2, 0.25) is 5.91 Å². The average molecular weight is 1010 g/mol. The molecule has 1 aromatic heterocycles. The third-order valence-corrected chi connectivity index (χ3v) is 19.6. The minimum atomic E-state index is -3.30. The SMILES string of the molecule is CCN(CC)c1ccc2cc(C(=O)NCCOCCOC(=O)C(/C=C/c3ccc(NC(=O)CCCC[C@@H]4SC[C@@H]5NC(=O)N[C@@H]54)cc3)=C/CCC(C)(C)[Si](O)(c3ccccc3)c3ccccc3)c(=O)oc2c1. The van der Waals surface area contributed by atoms with Crippen molar-refractivity contribution in [3.05, 3.63) is 148 Å². The molecule has 0 saturated carbocycles. The van der Waals surface area contributed by atoms with Crippen molar-refractivity contribution in [1.29, 1.82) is 0 Å². The number of unbranched alkanes of at least 4 members (excludes halogenated alkanes) is 1. The number of urea groups is 1. The molecule has 4 aromatic carbocycles. The summed E-state index contributed by atoms with van der Waals surface area (Å²) in [6.07, 6.45) is 9.40. The molecule has 72 heavy (non-hydrogen) atoms. The van der Waals surface area contributed by atoms with E-state index in [9.17, 15) is 28.8 Å². The number of rotatable bonds is 25. The maximum absolute atomic E-state index is 13.7. The van der Waals surface area contributed by atoms with Gasteiger partial charge in [0.15, 0.2) is 0 Å². The van der Waals surface area contributed by atoms with Crippen molar-refractivity contribution in [2.75, 3.05) is 55.4 Å². The highest BCUT2D eigenvalue weighted by molar-refractivity contribution is 8.00. The van der Waals surface area contributed by atoms with Gasteiger partial charge in [0.1, 0.15) is 17.8 Å². The Labute approximate surface area is 427 Å². The number of carbonyl (C=O) groups is 4. The van der Waals surface area contributed by atoms with Crippen LogP contribution in [0.2, 0.25) is 5.04 Å². The zero-order chi connectivity index (χ0) is 51.1. The minimum absolute atomic E-state index is 0.0491. The molecule has 2 aliphatic rings. The molecule has 16 heteroatoms. The molecule has 14 nitrogen and oxygen atoms in total. The smallest absolute Gasteiger partial charge is 0.349 e. The highest BCUT2D eigenvalue weighted by Crippen LogP contribution is 2.40. The van der Waals surface area contributed by atoms with Crippen molar-refractivity contribution in [2.24, 2.45) is 0 Å². The van der Waals surface area contributed by atoms with E-state index >= 15 is 0 Å². The van der Waals surface area contributed by atoms with Crippen LogP contribution < -0.4 is 42.2 Å². The van der Waals surface area contributed by atoms with E-state index in [1.54, 1.807) is 12.1 Å². The molecule has 5 aromatic rings. The van der Waals surface area contributed by atoms with Gasteiger partial charge >= 0.3 is 17.6 Å². The first-order valence-electron chi connectivity index (χ1n) is 25.0. The Morgan fingerprint density at radius 3 is 2.29 bits per heavy atom. The lowest BCUT2D eigenvalue weighted by Crippen LogP contribution is -2.65. The Balaban J connectivity index is 0.933. The lowest BCUT2D eigenvalue weighted by molar-refractivity contribution is -0.140. The van der Waals surface area contributed by atoms with Crippen LogP contribution in [0.5, 0.6) is 0 Å². The van der Waals surface area contributed by atoms with E-state index in [-0.39, 0.29) is 56.0 Å². The highest BCUT2D eigenvalue weighted by atomic mass is 32.2. The summed E-state index contributed by atoms with van der Waals surface area (Å²) in [7, 11) is -3.30. The minimum Gasteiger partial charge on any atom is -0.460 e. The van der Waals surface area contributed by atoms with Crippen LogP contribution in [-0.4, -0.2) is 99.5 Å². The Morgan fingerprint density at radius 2 is 1.60 bits per heavy atom. The van der Waals surface area contributed by atoms with Crippen molar-refractivity contribution >= 4 is 82.7 Å². The van der Waals surface area contributed by atoms with Gasteiger partial charge in [-0.25, -0.2) is 14.4 Å². The van der Waals surface area contributed by atoms with Crippen LogP contribution in [0.15, 0.2) is 136 Å². The fraction of sp³-hybridized carbons (Fsp3) is 0.375. The van der Waals surface area contributed by atoms with Crippen LogP contribution in [-0.2, 0) is 19.1 Å². The van der Waals surface area contributed by atoms with Gasteiger partial charge in [-0.15, -0.1) is 0 Å². The quantitative estimate of drug-likeness (QED) is 0.00739. The van der Waals surface area contributed by atoms with Gasteiger partial charge < -0.3 is 44.9 Å². The van der Waals surface area contributed by atoms with Gasteiger partial charge in [-0.2, -0.15) is 11.8 Å². The standard InChI is InChI=1S/C56H67N5O9SSi/c1-5-61(6-2)43-30-27-41-36-46(54(65)70-48(41)37-43)52(63)57-32-33-68-34-35-69-53(64)40(16-15-31-56(3,4)72(67,44-17-9-7-10-18-44)45-19-11-8-12-20-45)26-23-39-24-28-42(29-25-39)58-50(62)22-14-13-21-49-51-47(38-71-49)59-55(66)60-51/h7-12,16-20,23-30,36-37,47,49,51,67H,5-6,13-15,21-22,31-35,38H2,1-4H3,(H,57,63)(H,58,62)(H2,59,60,66)/b26-23+,40-16+/t47-,49-,51-/m0/s1. The summed E-state index contributed by atoms with van der Waals surface area (Å²) in [5.41, 5.74) is 2.31. The van der Waals surface area contributed by atoms with Gasteiger partial charge in [0.05, 0.1) is 30.9 Å². The number of esters is 1. The van der Waals surface area contributed by atoms with Crippen LogP contribution in [0.3, 0.4) is 0 Å². The molecule has 0 spiro atoms. The van der Waals surface area contributed by atoms with Crippen molar-refractivity contribution in [2.45, 2.75) is 88.6 Å². The van der Waals surface area contributed by atoms with Crippen LogP contribution in [0.1, 0.15) is 82.1 Å². The molecule has 3 heterocycles. The van der Waals surface area contributed by atoms with Gasteiger partial charge in [0, 0.05) is 59.9 Å². The van der Waals surface area contributed by atoms with E-state index in [0.717, 1.165) is 59.7 Å². The number of carbonyl (C=O) groups excluding carboxylic acids is 4. The zero-order valence-electron chi connectivity index (χ0n) is 41.6. The predicted molar refractivity (Wildman–Crippen MR) is 290 cm³/mol. The molecule has 0 aliphatic carbocycles. The first-order valence-corrected chi connectivity index (χ1v) is 28.0. The van der Waals surface area contributed by atoms with Crippen molar-refractivity contribution in [1.82, 2.24) is 16.0 Å². The summed E-state index contributed by atoms with van der Waals surface area (Å²) < 4.78 is 16.9. The van der Waals surface area contributed by atoms with Gasteiger partial charge in [-0.3, -0.25) is 9.59 Å². The van der Waals surface area contributed by atoms with Crippen molar-refractivity contribution < 1.29 is 37.9 Å². The fourth-order valence-corrected chi connectivity index (χ4v) is 14.7. The molecule has 0 unspecified atom stereocenters. The molecule has 0 radical (unpaired) electrons. The number of hydrogen-bond acceptors (Lipinski definition) is 11. The largest absolute Gasteiger partial charge is 0.460 e. The number of amides is 4. The first kappa shape index (κ1) is 53.3. The van der Waals surface area contributed by atoms with E-state index in [1.165, 1.54) is 6.07 Å². The number of nitrogens with zero attached hydrogens (tertiary/aromatic N) is 1. The highest BCUT2D eigenvalue weighted by Gasteiger charge is 2.49. The van der Waals surface area contributed by atoms with Crippen LogP contribution in [0.4, 0.5) is 16.2 Å². The molecule has 2 saturated heterocycles. The van der Waals surface area contributed by atoms with E-state index in [2.05, 4.69) is 40.0 Å². The number of anilines is 2. The molecule has 5 N–H and O–H groups in total. The number of fused-ring (bicyclic) bond motifs is 2. The summed E-state index contributed by atoms with van der Waals surface area (Å²) in [4.78, 5) is 78.8. The molecule has 3 atom stereocenters. The number of allylic oxidation sites excluding steroid dienone is 1. The summed E-state index contributed by atoms with van der Waals surface area (Å²) in [5.74, 6) is -0.280. The van der Waals surface area contributed by atoms with Gasteiger partial charge in [-0.05, 0) is 96.9 Å². The van der Waals surface area contributed by atoms with E-state index in [4.69, 9.17) is 13.9 Å². The Bertz CT molecular complexity index is 2730. The second-order valence-electron chi connectivity index (χ2n) is 18.7. The maximum Gasteiger partial charge on any atom is 0.349 e. The maximum atomic E-state index is 13.7. The summed E-state index contributed by atoms with van der Waals surface area (Å²) in [6, 6.07) is 34.4. The molecule has 2 fully saturated rings. The zero-order valence-corrected chi connectivity index (χ0v) is 43.4. The van der Waals surface area contributed by atoms with E-state index < -0.39 is 30.9 Å². The molecule has 380 valence electrons. The second-order valence-corrected chi connectivity index (χ2v) is 23.9. The number of benzene rings is 4. The molecule has 0 bridgehead atoms. The third kappa shape index (κ3) is 13.5. The molecule has 7 rings (SSSR count). The average Bonchev–Trinajstić information content (AvgIpc) is 3.95. The van der Waals surface area contributed by atoms with E-state index in [1.807, 2.05) is 135 Å². The number of nitrogens with one attached hydrogen (secondary N) is 4. The molecular formula is C56H67N5O9SSi. The topological polar surface area (TPSA) is 189 Å². The van der Waals surface area contributed by atoms with Crippen LogP contribution in [0.25, 0.3) is 17.0 Å². The van der Waals surface area contributed by atoms with Crippen molar-refractivity contribution in [3.8, 4) is 0 Å². The monoisotopic (exact) mass is 1010 g/mol. The summed E-state index contributed by atoms with van der Waals surface area (Å²) >= 11 is 1.87. The van der Waals surface area contributed by atoms with Crippen LogP contribution in [0, 0.1) is 0 Å². The Kier molecular flexibility index (Phi) is 18.7. The molecular weight excluding hydrogens is 947 g/mol. The normalized spacial score (nSPS) is 16.8. The number of ether oxygens (including phenoxy) is 2.